The summed E-state index contributed by atoms with van der Waals surface area (Å²) in [6.07, 6.45) is 2.77. The molecule has 2 rings (SSSR count). The smallest absolute Gasteiger partial charge is 0.0794 e. The van der Waals surface area contributed by atoms with E-state index in [1.54, 1.807) is 28.6 Å². The molecule has 0 saturated heterocycles. The summed E-state index contributed by atoms with van der Waals surface area (Å²) >= 11 is 9.22. The van der Waals surface area contributed by atoms with E-state index in [2.05, 4.69) is 11.1 Å². The normalized spacial score (nSPS) is 13.5. The van der Waals surface area contributed by atoms with Crippen molar-refractivity contribution in [3.05, 3.63) is 45.4 Å². The van der Waals surface area contributed by atoms with Crippen LogP contribution in [0.5, 0.6) is 0 Å². The molecule has 116 valence electrons. The molecule has 0 spiro atoms. The van der Waals surface area contributed by atoms with Crippen LogP contribution in [0.4, 0.5) is 0 Å². The zero-order valence-electron chi connectivity index (χ0n) is 11.8. The first-order chi connectivity index (χ1) is 10.6. The number of nitrogens with zero attached hydrogens (tertiary/aromatic N) is 2. The molecule has 0 bridgehead atoms. The Bertz CT molecular complexity index is 643. The maximum absolute atomic E-state index is 9.22. The van der Waals surface area contributed by atoms with Crippen molar-refractivity contribution in [2.24, 2.45) is 5.73 Å². The Morgan fingerprint density at radius 2 is 2.32 bits per heavy atom. The van der Waals surface area contributed by atoms with Gasteiger partial charge in [-0.3, -0.25) is 4.98 Å². The van der Waals surface area contributed by atoms with Crippen LogP contribution in [0.2, 0.25) is 5.02 Å². The van der Waals surface area contributed by atoms with Crippen molar-refractivity contribution in [1.82, 2.24) is 4.98 Å². The number of rotatable bonds is 7. The molecule has 0 unspecified atom stereocenters. The van der Waals surface area contributed by atoms with Gasteiger partial charge in [0.05, 0.1) is 24.6 Å². The van der Waals surface area contributed by atoms with Crippen LogP contribution < -0.4 is 5.73 Å². The summed E-state index contributed by atoms with van der Waals surface area (Å²) in [4.78, 5) is 6.23. The Morgan fingerprint density at radius 3 is 2.95 bits per heavy atom. The molecule has 1 heterocycles. The fourth-order valence-electron chi connectivity index (χ4n) is 2.00. The second kappa shape index (κ2) is 8.51. The highest BCUT2D eigenvalue weighted by molar-refractivity contribution is 7.99. The number of benzene rings is 1. The lowest BCUT2D eigenvalue weighted by Crippen LogP contribution is -2.25. The van der Waals surface area contributed by atoms with E-state index in [9.17, 15) is 5.11 Å². The first kappa shape index (κ1) is 17.3. The summed E-state index contributed by atoms with van der Waals surface area (Å²) in [5, 5.41) is 18.9. The van der Waals surface area contributed by atoms with Gasteiger partial charge in [-0.05, 0) is 30.2 Å². The fourth-order valence-corrected chi connectivity index (χ4v) is 4.37. The summed E-state index contributed by atoms with van der Waals surface area (Å²) in [6.45, 7) is -0.0540. The van der Waals surface area contributed by atoms with Crippen molar-refractivity contribution in [3.63, 3.8) is 0 Å². The number of hydrogen-bond donors (Lipinski definition) is 2. The van der Waals surface area contributed by atoms with E-state index in [1.807, 2.05) is 24.4 Å². The maximum Gasteiger partial charge on any atom is 0.0794 e. The number of aliphatic hydroxyl groups is 1. The molecule has 0 aliphatic carbocycles. The van der Waals surface area contributed by atoms with Crippen LogP contribution >= 0.6 is 34.7 Å². The van der Waals surface area contributed by atoms with Crippen LogP contribution in [0.15, 0.2) is 34.8 Å². The standard InChI is InChI=1S/C15H16ClN3OS2/c16-11-1-2-13(10(5-11)3-4-17)22-14(6-12(18)8-20)15-7-19-9-21-15/h1-2,5,7,9,12,14,20H,3,6,8,18H2/t12-,14+/m0/s1. The Balaban J connectivity index is 2.25. The molecule has 7 heteroatoms. The van der Waals surface area contributed by atoms with Crippen LogP contribution in [-0.4, -0.2) is 22.7 Å². The molecule has 1 aromatic carbocycles. The molecule has 0 aliphatic rings. The number of nitrogens with two attached hydrogens (primary N) is 1. The lowest BCUT2D eigenvalue weighted by Gasteiger charge is -2.19. The molecular weight excluding hydrogens is 338 g/mol. The van der Waals surface area contributed by atoms with Gasteiger partial charge in [-0.2, -0.15) is 5.26 Å². The van der Waals surface area contributed by atoms with E-state index < -0.39 is 0 Å². The monoisotopic (exact) mass is 353 g/mol. The SMILES string of the molecule is N#CCc1cc(Cl)ccc1S[C@H](C[C@H](N)CO)c1cncs1. The van der Waals surface area contributed by atoms with Crippen molar-refractivity contribution in [2.45, 2.75) is 29.0 Å². The van der Waals surface area contributed by atoms with Gasteiger partial charge in [0.1, 0.15) is 0 Å². The first-order valence-corrected chi connectivity index (χ1v) is 8.84. The Labute approximate surface area is 142 Å². The number of thioether (sulfide) groups is 1. The zero-order chi connectivity index (χ0) is 15.9. The van der Waals surface area contributed by atoms with Gasteiger partial charge < -0.3 is 10.8 Å². The van der Waals surface area contributed by atoms with Gasteiger partial charge >= 0.3 is 0 Å². The van der Waals surface area contributed by atoms with Crippen LogP contribution in [0.25, 0.3) is 0 Å². The van der Waals surface area contributed by atoms with Crippen LogP contribution in [-0.2, 0) is 6.42 Å². The minimum absolute atomic E-state index is 0.0540. The van der Waals surface area contributed by atoms with E-state index in [4.69, 9.17) is 22.6 Å². The largest absolute Gasteiger partial charge is 0.395 e. The van der Waals surface area contributed by atoms with Crippen LogP contribution in [0.3, 0.4) is 0 Å². The van der Waals surface area contributed by atoms with Gasteiger partial charge in [-0.25, -0.2) is 0 Å². The third-order valence-electron chi connectivity index (χ3n) is 3.08. The van der Waals surface area contributed by atoms with Gasteiger partial charge in [0, 0.05) is 32.3 Å². The summed E-state index contributed by atoms with van der Waals surface area (Å²) in [5.41, 5.74) is 8.59. The highest BCUT2D eigenvalue weighted by Gasteiger charge is 2.20. The molecule has 22 heavy (non-hydrogen) atoms. The molecule has 4 nitrogen and oxygen atoms in total. The molecule has 0 fully saturated rings. The number of halogens is 1. The summed E-state index contributed by atoms with van der Waals surface area (Å²) in [7, 11) is 0. The topological polar surface area (TPSA) is 82.9 Å². The summed E-state index contributed by atoms with van der Waals surface area (Å²) in [5.74, 6) is 0. The van der Waals surface area contributed by atoms with E-state index in [0.29, 0.717) is 17.9 Å². The maximum atomic E-state index is 9.22. The molecule has 2 aromatic rings. The van der Waals surface area contributed by atoms with Crippen molar-refractivity contribution < 1.29 is 5.11 Å². The Hall–Kier alpha value is -1.10. The van der Waals surface area contributed by atoms with E-state index in [-0.39, 0.29) is 17.9 Å². The zero-order valence-corrected chi connectivity index (χ0v) is 14.2. The molecule has 2 atom stereocenters. The first-order valence-electron chi connectivity index (χ1n) is 6.71. The van der Waals surface area contributed by atoms with Gasteiger partial charge in [0.25, 0.3) is 0 Å². The number of aliphatic hydroxyl groups excluding tert-OH is 1. The van der Waals surface area contributed by atoms with Gasteiger partial charge in [0.2, 0.25) is 0 Å². The second-order valence-corrected chi connectivity index (χ2v) is 7.37. The molecule has 0 amide bonds. The third-order valence-corrected chi connectivity index (χ3v) is 5.74. The predicted octanol–water partition coefficient (Wildman–Crippen LogP) is 3.41. The highest BCUT2D eigenvalue weighted by atomic mass is 35.5. The van der Waals surface area contributed by atoms with Crippen LogP contribution in [0, 0.1) is 11.3 Å². The van der Waals surface area contributed by atoms with Crippen molar-refractivity contribution in [1.29, 1.82) is 5.26 Å². The molecule has 0 radical (unpaired) electrons. The van der Waals surface area contributed by atoms with Gasteiger partial charge in [-0.15, -0.1) is 23.1 Å². The van der Waals surface area contributed by atoms with E-state index >= 15 is 0 Å². The van der Waals surface area contributed by atoms with Crippen molar-refractivity contribution in [2.75, 3.05) is 6.61 Å². The number of thiazole rings is 1. The summed E-state index contributed by atoms with van der Waals surface area (Å²) < 4.78 is 0. The number of aromatic nitrogens is 1. The average Bonchev–Trinajstić information content (AvgIpc) is 3.03. The Kier molecular flexibility index (Phi) is 6.68. The lowest BCUT2D eigenvalue weighted by molar-refractivity contribution is 0.260. The Morgan fingerprint density at radius 1 is 1.50 bits per heavy atom. The minimum Gasteiger partial charge on any atom is -0.395 e. The lowest BCUT2D eigenvalue weighted by atomic mass is 10.1. The van der Waals surface area contributed by atoms with Crippen molar-refractivity contribution in [3.8, 4) is 6.07 Å². The van der Waals surface area contributed by atoms with Crippen LogP contribution in [0.1, 0.15) is 22.1 Å². The van der Waals surface area contributed by atoms with E-state index in [0.717, 1.165) is 15.3 Å². The fraction of sp³-hybridized carbons (Fsp3) is 0.333. The number of hydrogen-bond acceptors (Lipinski definition) is 6. The molecule has 0 aliphatic heterocycles. The predicted molar refractivity (Wildman–Crippen MR) is 91.2 cm³/mol. The highest BCUT2D eigenvalue weighted by Crippen LogP contribution is 2.41. The van der Waals surface area contributed by atoms with Gasteiger partial charge in [0.15, 0.2) is 0 Å². The minimum atomic E-state index is -0.286. The van der Waals surface area contributed by atoms with Gasteiger partial charge in [-0.1, -0.05) is 11.6 Å². The molecule has 3 N–H and O–H groups in total. The molecule has 1 aromatic heterocycles. The van der Waals surface area contributed by atoms with E-state index in [1.165, 1.54) is 0 Å². The quantitative estimate of drug-likeness (QED) is 0.745. The third kappa shape index (κ3) is 4.70. The molecule has 0 saturated carbocycles. The second-order valence-electron chi connectivity index (χ2n) is 4.78. The number of nitriles is 1. The molecular formula is C15H16ClN3OS2. The van der Waals surface area contributed by atoms with Crippen molar-refractivity contribution >= 4 is 34.7 Å². The average molecular weight is 354 g/mol. The summed E-state index contributed by atoms with van der Waals surface area (Å²) in [6, 6.07) is 7.45.